The second-order valence-electron chi connectivity index (χ2n) is 6.66. The lowest BCUT2D eigenvalue weighted by molar-refractivity contribution is -0.147. The molecule has 6 nitrogen and oxygen atoms in total. The number of hydrogen-bond acceptors (Lipinski definition) is 3. The van der Waals surface area contributed by atoms with E-state index in [1.807, 2.05) is 12.2 Å². The first-order valence-electron chi connectivity index (χ1n) is 10.5. The van der Waals surface area contributed by atoms with Crippen molar-refractivity contribution in [2.75, 3.05) is 0 Å². The monoisotopic (exact) mass is 417 g/mol. The Hall–Kier alpha value is -2.89. The Balaban J connectivity index is 3.78. The minimum Gasteiger partial charge on any atom is -0.481 e. The Morgan fingerprint density at radius 1 is 0.767 bits per heavy atom. The summed E-state index contributed by atoms with van der Waals surface area (Å²) in [6, 6.07) is -1.39. The van der Waals surface area contributed by atoms with E-state index < -0.39 is 30.3 Å². The summed E-state index contributed by atoms with van der Waals surface area (Å²) in [6.45, 7) is 2.13. The van der Waals surface area contributed by atoms with Crippen LogP contribution in [0.1, 0.15) is 64.7 Å². The zero-order chi connectivity index (χ0) is 22.5. The quantitative estimate of drug-likeness (QED) is 0.229. The van der Waals surface area contributed by atoms with Crippen molar-refractivity contribution in [1.82, 2.24) is 5.32 Å². The minimum atomic E-state index is -1.39. The zero-order valence-corrected chi connectivity index (χ0v) is 17.8. The number of unbranched alkanes of at least 4 members (excludes halogenated alkanes) is 1. The maximum atomic E-state index is 11.7. The van der Waals surface area contributed by atoms with Crippen LogP contribution in [0.5, 0.6) is 0 Å². The number of allylic oxidation sites excluding steroid dienone is 10. The Labute approximate surface area is 179 Å². The summed E-state index contributed by atoms with van der Waals surface area (Å²) in [5.74, 6) is -3.05. The average molecular weight is 418 g/mol. The van der Waals surface area contributed by atoms with Crippen LogP contribution in [0, 0.1) is 0 Å². The fraction of sp³-hybridized carbons (Fsp3) is 0.458. The highest BCUT2D eigenvalue weighted by Gasteiger charge is 2.22. The summed E-state index contributed by atoms with van der Waals surface area (Å²) in [5, 5.41) is 19.8. The van der Waals surface area contributed by atoms with E-state index in [0.717, 1.165) is 32.1 Å². The first-order valence-corrected chi connectivity index (χ1v) is 10.5. The van der Waals surface area contributed by atoms with Crippen molar-refractivity contribution in [3.63, 3.8) is 0 Å². The lowest BCUT2D eigenvalue weighted by Gasteiger charge is -2.11. The van der Waals surface area contributed by atoms with Gasteiger partial charge in [0.25, 0.3) is 0 Å². The molecule has 0 bridgehead atoms. The smallest absolute Gasteiger partial charge is 0.326 e. The van der Waals surface area contributed by atoms with Crippen LogP contribution in [0.25, 0.3) is 0 Å². The molecule has 1 atom stereocenters. The van der Waals surface area contributed by atoms with Crippen LogP contribution in [-0.2, 0) is 14.4 Å². The molecule has 1 amide bonds. The molecule has 166 valence electrons. The van der Waals surface area contributed by atoms with E-state index in [9.17, 15) is 14.4 Å². The van der Waals surface area contributed by atoms with Gasteiger partial charge >= 0.3 is 11.9 Å². The third-order valence-electron chi connectivity index (χ3n) is 3.94. The Kier molecular flexibility index (Phi) is 17.6. The molecule has 0 saturated heterocycles. The van der Waals surface area contributed by atoms with Crippen LogP contribution >= 0.6 is 0 Å². The van der Waals surface area contributed by atoms with Gasteiger partial charge in [0.2, 0.25) is 5.91 Å². The fourth-order valence-corrected chi connectivity index (χ4v) is 2.39. The largest absolute Gasteiger partial charge is 0.481 e. The van der Waals surface area contributed by atoms with Crippen molar-refractivity contribution in [1.29, 1.82) is 0 Å². The van der Waals surface area contributed by atoms with E-state index in [0.29, 0.717) is 12.8 Å². The number of nitrogens with one attached hydrogen (secondary N) is 1. The molecule has 0 fully saturated rings. The number of carboxylic acids is 2. The van der Waals surface area contributed by atoms with E-state index in [1.165, 1.54) is 0 Å². The van der Waals surface area contributed by atoms with E-state index in [4.69, 9.17) is 10.2 Å². The minimum absolute atomic E-state index is 0.164. The van der Waals surface area contributed by atoms with Gasteiger partial charge in [0.05, 0.1) is 6.42 Å². The van der Waals surface area contributed by atoms with Crippen molar-refractivity contribution >= 4 is 17.8 Å². The Morgan fingerprint density at radius 3 is 1.67 bits per heavy atom. The summed E-state index contributed by atoms with van der Waals surface area (Å²) in [4.78, 5) is 33.2. The first-order chi connectivity index (χ1) is 14.5. The number of amides is 1. The lowest BCUT2D eigenvalue weighted by atomic mass is 10.1. The van der Waals surface area contributed by atoms with Gasteiger partial charge in [-0.25, -0.2) is 4.79 Å². The van der Waals surface area contributed by atoms with E-state index in [-0.39, 0.29) is 6.42 Å². The lowest BCUT2D eigenvalue weighted by Crippen LogP contribution is -2.42. The van der Waals surface area contributed by atoms with E-state index >= 15 is 0 Å². The predicted octanol–water partition coefficient (Wildman–Crippen LogP) is 4.95. The van der Waals surface area contributed by atoms with E-state index in [2.05, 4.69) is 60.8 Å². The highest BCUT2D eigenvalue weighted by Crippen LogP contribution is 2.01. The second-order valence-corrected chi connectivity index (χ2v) is 6.66. The number of hydrogen-bond donors (Lipinski definition) is 3. The number of carbonyl (C=O) groups is 3. The van der Waals surface area contributed by atoms with Crippen LogP contribution < -0.4 is 5.32 Å². The molecule has 0 aliphatic carbocycles. The van der Waals surface area contributed by atoms with E-state index in [1.54, 1.807) is 0 Å². The number of carboxylic acid groups (broad SMARTS) is 2. The van der Waals surface area contributed by atoms with Crippen molar-refractivity contribution < 1.29 is 24.6 Å². The molecule has 0 spiro atoms. The molecule has 0 heterocycles. The van der Waals surface area contributed by atoms with Gasteiger partial charge in [-0.2, -0.15) is 0 Å². The number of aliphatic carboxylic acids is 2. The molecule has 30 heavy (non-hydrogen) atoms. The first kappa shape index (κ1) is 27.1. The normalized spacial score (nSPS) is 13.2. The van der Waals surface area contributed by atoms with Gasteiger partial charge in [-0.3, -0.25) is 9.59 Å². The third-order valence-corrected chi connectivity index (χ3v) is 3.94. The summed E-state index contributed by atoms with van der Waals surface area (Å²) < 4.78 is 0. The van der Waals surface area contributed by atoms with Crippen LogP contribution in [0.2, 0.25) is 0 Å². The Bertz CT molecular complexity index is 644. The van der Waals surface area contributed by atoms with Crippen molar-refractivity contribution in [3.8, 4) is 0 Å². The van der Waals surface area contributed by atoms with Gasteiger partial charge in [-0.1, -0.05) is 67.7 Å². The molecular weight excluding hydrogens is 382 g/mol. The molecule has 0 aliphatic heterocycles. The highest BCUT2D eigenvalue weighted by molar-refractivity contribution is 5.86. The highest BCUT2D eigenvalue weighted by atomic mass is 16.4. The van der Waals surface area contributed by atoms with Crippen LogP contribution in [0.3, 0.4) is 0 Å². The topological polar surface area (TPSA) is 104 Å². The fourth-order valence-electron chi connectivity index (χ4n) is 2.39. The van der Waals surface area contributed by atoms with Crippen LogP contribution in [0.15, 0.2) is 60.8 Å². The summed E-state index contributed by atoms with van der Waals surface area (Å²) in [6.07, 6.45) is 26.7. The summed E-state index contributed by atoms with van der Waals surface area (Å²) >= 11 is 0. The van der Waals surface area contributed by atoms with Gasteiger partial charge in [0.15, 0.2) is 0 Å². The third kappa shape index (κ3) is 18.5. The SMILES string of the molecule is CC/C=C/C/C=C/C/C=C/C/C=C/C/C=C/CCCC(=O)NC(CC(=O)O)C(=O)O. The van der Waals surface area contributed by atoms with Gasteiger partial charge in [0.1, 0.15) is 6.04 Å². The van der Waals surface area contributed by atoms with Gasteiger partial charge in [0, 0.05) is 6.42 Å². The predicted molar refractivity (Wildman–Crippen MR) is 120 cm³/mol. The molecule has 1 unspecified atom stereocenters. The van der Waals surface area contributed by atoms with Crippen molar-refractivity contribution in [2.45, 2.75) is 70.8 Å². The standard InChI is InChI=1S/C24H35NO5/c1-2-3-4-5-6-7-8-9-10-11-12-13-14-15-16-17-18-19-22(26)25-21(24(29)30)20-23(27)28/h3-4,6-7,9-10,12-13,15-16,21H,2,5,8,11,14,17-20H2,1H3,(H,25,26)(H,27,28)(H,29,30)/b4-3+,7-6+,10-9+,13-12+,16-15+. The second kappa shape index (κ2) is 19.4. The summed E-state index contributed by atoms with van der Waals surface area (Å²) in [7, 11) is 0. The molecule has 0 aromatic rings. The molecule has 0 aromatic heterocycles. The van der Waals surface area contributed by atoms with Gasteiger partial charge < -0.3 is 15.5 Å². The van der Waals surface area contributed by atoms with Gasteiger partial charge in [-0.05, 0) is 44.9 Å². The molecule has 0 aromatic carbocycles. The molecule has 3 N–H and O–H groups in total. The molecule has 0 radical (unpaired) electrons. The molecule has 0 saturated carbocycles. The van der Waals surface area contributed by atoms with Crippen LogP contribution in [0.4, 0.5) is 0 Å². The molecule has 0 rings (SSSR count). The maximum absolute atomic E-state index is 11.7. The van der Waals surface area contributed by atoms with Crippen molar-refractivity contribution in [2.24, 2.45) is 0 Å². The van der Waals surface area contributed by atoms with Gasteiger partial charge in [-0.15, -0.1) is 0 Å². The van der Waals surface area contributed by atoms with Crippen molar-refractivity contribution in [3.05, 3.63) is 60.8 Å². The Morgan fingerprint density at radius 2 is 1.23 bits per heavy atom. The average Bonchev–Trinajstić information content (AvgIpc) is 2.69. The van der Waals surface area contributed by atoms with Crippen LogP contribution in [-0.4, -0.2) is 34.1 Å². The number of carbonyl (C=O) groups excluding carboxylic acids is 1. The molecule has 6 heteroatoms. The molecule has 0 aliphatic rings. The molecular formula is C24H35NO5. The maximum Gasteiger partial charge on any atom is 0.326 e. The zero-order valence-electron chi connectivity index (χ0n) is 17.8. The number of rotatable bonds is 17. The summed E-state index contributed by atoms with van der Waals surface area (Å²) in [5.41, 5.74) is 0.